The van der Waals surface area contributed by atoms with Crippen LogP contribution in [0.3, 0.4) is 0 Å². The summed E-state index contributed by atoms with van der Waals surface area (Å²) in [5.41, 5.74) is -0.496. The van der Waals surface area contributed by atoms with E-state index in [1.54, 1.807) is 11.0 Å². The molecule has 2 saturated heterocycles. The van der Waals surface area contributed by atoms with Gasteiger partial charge in [-0.3, -0.25) is 14.9 Å². The molecule has 1 unspecified atom stereocenters. The average molecular weight is 331 g/mol. The monoisotopic (exact) mass is 331 g/mol. The van der Waals surface area contributed by atoms with Crippen LogP contribution < -0.4 is 4.90 Å². The van der Waals surface area contributed by atoms with Crippen molar-refractivity contribution in [3.63, 3.8) is 0 Å². The molecular formula is C15H17N5O4. The third kappa shape index (κ3) is 3.14. The molecule has 1 aromatic rings. The van der Waals surface area contributed by atoms with Crippen LogP contribution in [-0.2, 0) is 9.53 Å². The summed E-state index contributed by atoms with van der Waals surface area (Å²) in [6.45, 7) is 2.85. The van der Waals surface area contributed by atoms with Crippen LogP contribution in [0.25, 0.3) is 0 Å². The molecule has 3 rings (SSSR count). The van der Waals surface area contributed by atoms with Crippen molar-refractivity contribution >= 4 is 17.4 Å². The number of amides is 1. The number of hydrogen-bond acceptors (Lipinski definition) is 7. The van der Waals surface area contributed by atoms with Gasteiger partial charge >= 0.3 is 5.69 Å². The highest BCUT2D eigenvalue weighted by Gasteiger charge is 2.30. The van der Waals surface area contributed by atoms with Gasteiger partial charge in [-0.25, -0.2) is 4.98 Å². The molecule has 1 amide bonds. The van der Waals surface area contributed by atoms with E-state index in [2.05, 4.69) is 4.98 Å². The molecule has 9 nitrogen and oxygen atoms in total. The van der Waals surface area contributed by atoms with E-state index in [4.69, 9.17) is 10.00 Å². The molecule has 126 valence electrons. The largest absolute Gasteiger partial charge is 0.368 e. The molecule has 9 heteroatoms. The molecule has 1 atom stereocenters. The fraction of sp³-hybridized carbons (Fsp3) is 0.533. The number of nitriles is 1. The summed E-state index contributed by atoms with van der Waals surface area (Å²) in [5, 5.41) is 19.9. The second kappa shape index (κ2) is 6.80. The number of rotatable bonds is 3. The van der Waals surface area contributed by atoms with Gasteiger partial charge in [-0.1, -0.05) is 0 Å². The third-order valence-corrected chi connectivity index (χ3v) is 4.28. The zero-order valence-corrected chi connectivity index (χ0v) is 13.1. The minimum absolute atomic E-state index is 0.0292. The lowest BCUT2D eigenvalue weighted by atomic mass is 10.2. The van der Waals surface area contributed by atoms with Crippen LogP contribution in [0.1, 0.15) is 18.5 Å². The van der Waals surface area contributed by atoms with E-state index in [-0.39, 0.29) is 23.4 Å². The van der Waals surface area contributed by atoms with Crippen LogP contribution in [0.4, 0.5) is 11.5 Å². The van der Waals surface area contributed by atoms with Gasteiger partial charge in [0.2, 0.25) is 5.69 Å². The van der Waals surface area contributed by atoms with E-state index in [0.29, 0.717) is 38.6 Å². The lowest BCUT2D eigenvalue weighted by Crippen LogP contribution is -2.51. The molecule has 0 saturated carbocycles. The van der Waals surface area contributed by atoms with Crippen LogP contribution in [0, 0.1) is 21.4 Å². The van der Waals surface area contributed by atoms with Gasteiger partial charge in [-0.2, -0.15) is 5.26 Å². The second-order valence-corrected chi connectivity index (χ2v) is 5.72. The standard InChI is InChI=1S/C15H17N5O4/c16-10-11-12(20(22)23)3-4-14(17-11)18-5-7-19(8-6-18)15(21)13-2-1-9-24-13/h3-4,13H,1-2,5-9H2. The summed E-state index contributed by atoms with van der Waals surface area (Å²) >= 11 is 0. The molecular weight excluding hydrogens is 314 g/mol. The lowest BCUT2D eigenvalue weighted by molar-refractivity contribution is -0.385. The number of pyridine rings is 1. The molecule has 2 aliphatic rings. The summed E-state index contributed by atoms with van der Waals surface area (Å²) in [4.78, 5) is 30.3. The van der Waals surface area contributed by atoms with Crippen molar-refractivity contribution in [2.45, 2.75) is 18.9 Å². The summed E-state index contributed by atoms with van der Waals surface area (Å²) < 4.78 is 5.43. The number of anilines is 1. The first-order valence-corrected chi connectivity index (χ1v) is 7.81. The van der Waals surface area contributed by atoms with Crippen molar-refractivity contribution in [3.05, 3.63) is 27.9 Å². The molecule has 1 aromatic heterocycles. The molecule has 2 aliphatic heterocycles. The quantitative estimate of drug-likeness (QED) is 0.591. The van der Waals surface area contributed by atoms with Crippen molar-refractivity contribution in [1.82, 2.24) is 9.88 Å². The van der Waals surface area contributed by atoms with Crippen LogP contribution in [0.15, 0.2) is 12.1 Å². The minimum atomic E-state index is -0.618. The van der Waals surface area contributed by atoms with Gasteiger partial charge in [-0.15, -0.1) is 0 Å². The number of nitro groups is 1. The normalized spacial score (nSPS) is 20.7. The Labute approximate surface area is 138 Å². The number of nitrogens with zero attached hydrogens (tertiary/aromatic N) is 5. The van der Waals surface area contributed by atoms with Crippen molar-refractivity contribution in [3.8, 4) is 6.07 Å². The van der Waals surface area contributed by atoms with E-state index in [0.717, 1.165) is 12.8 Å². The van der Waals surface area contributed by atoms with Gasteiger partial charge in [0.25, 0.3) is 5.91 Å². The maximum absolute atomic E-state index is 12.3. The van der Waals surface area contributed by atoms with Crippen molar-refractivity contribution in [1.29, 1.82) is 5.26 Å². The van der Waals surface area contributed by atoms with E-state index >= 15 is 0 Å². The van der Waals surface area contributed by atoms with Crippen LogP contribution >= 0.6 is 0 Å². The molecule has 0 aliphatic carbocycles. The third-order valence-electron chi connectivity index (χ3n) is 4.28. The van der Waals surface area contributed by atoms with E-state index in [1.807, 2.05) is 4.90 Å². The Kier molecular flexibility index (Phi) is 4.57. The molecule has 0 bridgehead atoms. The van der Waals surface area contributed by atoms with E-state index < -0.39 is 4.92 Å². The van der Waals surface area contributed by atoms with E-state index in [9.17, 15) is 14.9 Å². The topological polar surface area (TPSA) is 113 Å². The van der Waals surface area contributed by atoms with Gasteiger partial charge in [0, 0.05) is 38.9 Å². The van der Waals surface area contributed by atoms with Crippen molar-refractivity contribution in [2.24, 2.45) is 0 Å². The number of aromatic nitrogens is 1. The number of carbonyl (C=O) groups excluding carboxylic acids is 1. The maximum Gasteiger partial charge on any atom is 0.305 e. The Bertz CT molecular complexity index is 688. The van der Waals surface area contributed by atoms with Crippen LogP contribution in [0.5, 0.6) is 0 Å². The predicted octanol–water partition coefficient (Wildman–Crippen LogP) is 0.689. The van der Waals surface area contributed by atoms with Crippen molar-refractivity contribution in [2.75, 3.05) is 37.7 Å². The smallest absolute Gasteiger partial charge is 0.305 e. The lowest BCUT2D eigenvalue weighted by Gasteiger charge is -2.36. The molecule has 2 fully saturated rings. The fourth-order valence-electron chi connectivity index (χ4n) is 2.98. The Morgan fingerprint density at radius 3 is 2.71 bits per heavy atom. The number of piperazine rings is 1. The Hall–Kier alpha value is -2.73. The van der Waals surface area contributed by atoms with Crippen LogP contribution in [-0.4, -0.2) is 59.6 Å². The summed E-state index contributed by atoms with van der Waals surface area (Å²) in [7, 11) is 0. The molecule has 0 spiro atoms. The second-order valence-electron chi connectivity index (χ2n) is 5.72. The van der Waals surface area contributed by atoms with Crippen molar-refractivity contribution < 1.29 is 14.5 Å². The highest BCUT2D eigenvalue weighted by molar-refractivity contribution is 5.81. The van der Waals surface area contributed by atoms with Gasteiger partial charge in [0.15, 0.2) is 0 Å². The van der Waals surface area contributed by atoms with Gasteiger partial charge in [-0.05, 0) is 18.9 Å². The minimum Gasteiger partial charge on any atom is -0.368 e. The number of ether oxygens (including phenoxy) is 1. The Morgan fingerprint density at radius 2 is 2.12 bits per heavy atom. The van der Waals surface area contributed by atoms with E-state index in [1.165, 1.54) is 12.1 Å². The average Bonchev–Trinajstić information content (AvgIpc) is 3.15. The van der Waals surface area contributed by atoms with Gasteiger partial charge < -0.3 is 14.5 Å². The molecule has 3 heterocycles. The zero-order valence-electron chi connectivity index (χ0n) is 13.1. The molecule has 0 N–H and O–H groups in total. The Balaban J connectivity index is 1.65. The first kappa shape index (κ1) is 16.1. The summed E-state index contributed by atoms with van der Waals surface area (Å²) in [5.74, 6) is 0.544. The van der Waals surface area contributed by atoms with Crippen LogP contribution in [0.2, 0.25) is 0 Å². The maximum atomic E-state index is 12.3. The van der Waals surface area contributed by atoms with Gasteiger partial charge in [0.05, 0.1) is 4.92 Å². The molecule has 0 radical (unpaired) electrons. The number of carbonyl (C=O) groups is 1. The first-order valence-electron chi connectivity index (χ1n) is 7.81. The molecule has 0 aromatic carbocycles. The SMILES string of the molecule is N#Cc1nc(N2CCN(C(=O)C3CCCO3)CC2)ccc1[N+](=O)[O-]. The first-order chi connectivity index (χ1) is 11.6. The fourth-order valence-corrected chi connectivity index (χ4v) is 2.98. The highest BCUT2D eigenvalue weighted by Crippen LogP contribution is 2.22. The Morgan fingerprint density at radius 1 is 1.38 bits per heavy atom. The molecule has 24 heavy (non-hydrogen) atoms. The zero-order chi connectivity index (χ0) is 17.1. The highest BCUT2D eigenvalue weighted by atomic mass is 16.6. The predicted molar refractivity (Wildman–Crippen MR) is 83.4 cm³/mol. The van der Waals surface area contributed by atoms with Gasteiger partial charge in [0.1, 0.15) is 18.0 Å². The number of hydrogen-bond donors (Lipinski definition) is 0. The summed E-state index contributed by atoms with van der Waals surface area (Å²) in [6.07, 6.45) is 1.37. The summed E-state index contributed by atoms with van der Waals surface area (Å²) in [6, 6.07) is 4.59.